The largest absolute Gasteiger partial charge is 0.405 e. The van der Waals surface area contributed by atoms with Gasteiger partial charge in [-0.1, -0.05) is 0 Å². The highest BCUT2D eigenvalue weighted by Crippen LogP contribution is 2.36. The molecule has 0 spiro atoms. The molecular formula is C10H12ClF3N4. The first-order valence-electron chi connectivity index (χ1n) is 5.41. The molecule has 1 aromatic heterocycles. The maximum absolute atomic E-state index is 12.6. The van der Waals surface area contributed by atoms with E-state index in [1.165, 1.54) is 0 Å². The average Bonchev–Trinajstić information content (AvgIpc) is 3.02. The third-order valence-corrected chi connectivity index (χ3v) is 2.87. The van der Waals surface area contributed by atoms with Gasteiger partial charge in [0.2, 0.25) is 5.28 Å². The molecule has 0 saturated heterocycles. The Kier molecular flexibility index (Phi) is 3.27. The zero-order valence-electron chi connectivity index (χ0n) is 9.63. The molecule has 0 atom stereocenters. The molecule has 1 aliphatic carbocycles. The Labute approximate surface area is 107 Å². The van der Waals surface area contributed by atoms with E-state index in [1.807, 2.05) is 0 Å². The third-order valence-electron chi connectivity index (χ3n) is 2.70. The minimum atomic E-state index is -4.31. The Morgan fingerprint density at radius 3 is 2.50 bits per heavy atom. The Morgan fingerprint density at radius 1 is 1.39 bits per heavy atom. The van der Waals surface area contributed by atoms with E-state index < -0.39 is 12.7 Å². The standard InChI is InChI=1S/C10H12ClF3N4/c1-5-7(15)8(17-9(11)16-5)18(6-2-3-6)4-10(12,13)14/h6H,2-4,15H2,1H3. The van der Waals surface area contributed by atoms with Crippen LogP contribution in [0.4, 0.5) is 24.7 Å². The lowest BCUT2D eigenvalue weighted by Gasteiger charge is -2.26. The van der Waals surface area contributed by atoms with E-state index in [0.717, 1.165) is 4.90 Å². The normalized spacial score (nSPS) is 15.8. The molecule has 1 aromatic rings. The van der Waals surface area contributed by atoms with Crippen LogP contribution in [-0.2, 0) is 0 Å². The summed E-state index contributed by atoms with van der Waals surface area (Å²) in [5.74, 6) is 0.0762. The highest BCUT2D eigenvalue weighted by molar-refractivity contribution is 6.28. The number of halogens is 4. The van der Waals surface area contributed by atoms with Crippen molar-refractivity contribution in [2.45, 2.75) is 32.0 Å². The number of rotatable bonds is 3. The molecule has 8 heteroatoms. The van der Waals surface area contributed by atoms with Gasteiger partial charge >= 0.3 is 6.18 Å². The van der Waals surface area contributed by atoms with Crippen LogP contribution in [-0.4, -0.2) is 28.7 Å². The van der Waals surface area contributed by atoms with Gasteiger partial charge in [-0.25, -0.2) is 4.98 Å². The molecule has 1 heterocycles. The lowest BCUT2D eigenvalue weighted by atomic mass is 10.3. The summed E-state index contributed by atoms with van der Waals surface area (Å²) in [4.78, 5) is 8.81. The van der Waals surface area contributed by atoms with Crippen molar-refractivity contribution >= 4 is 23.1 Å². The third kappa shape index (κ3) is 2.95. The summed E-state index contributed by atoms with van der Waals surface area (Å²) in [7, 11) is 0. The van der Waals surface area contributed by atoms with E-state index in [2.05, 4.69) is 9.97 Å². The molecule has 0 bridgehead atoms. The van der Waals surface area contributed by atoms with E-state index >= 15 is 0 Å². The molecule has 1 fully saturated rings. The number of hydrogen-bond donors (Lipinski definition) is 1. The van der Waals surface area contributed by atoms with Crippen LogP contribution in [0.5, 0.6) is 0 Å². The van der Waals surface area contributed by atoms with Gasteiger partial charge in [-0.05, 0) is 31.4 Å². The molecular weight excluding hydrogens is 269 g/mol. The van der Waals surface area contributed by atoms with Crippen molar-refractivity contribution in [2.75, 3.05) is 17.2 Å². The Morgan fingerprint density at radius 2 is 2.00 bits per heavy atom. The van der Waals surface area contributed by atoms with Gasteiger partial charge in [0.05, 0.1) is 11.4 Å². The van der Waals surface area contributed by atoms with Gasteiger partial charge in [0.1, 0.15) is 6.54 Å². The Balaban J connectivity index is 2.36. The van der Waals surface area contributed by atoms with Crippen molar-refractivity contribution in [1.29, 1.82) is 0 Å². The number of nitrogen functional groups attached to an aromatic ring is 1. The number of nitrogens with two attached hydrogens (primary N) is 1. The molecule has 0 radical (unpaired) electrons. The quantitative estimate of drug-likeness (QED) is 0.865. The van der Waals surface area contributed by atoms with Gasteiger partial charge in [-0.15, -0.1) is 0 Å². The smallest absolute Gasteiger partial charge is 0.394 e. The highest BCUT2D eigenvalue weighted by Gasteiger charge is 2.39. The zero-order valence-corrected chi connectivity index (χ0v) is 10.4. The van der Waals surface area contributed by atoms with Crippen LogP contribution >= 0.6 is 11.6 Å². The molecule has 4 nitrogen and oxygen atoms in total. The summed E-state index contributed by atoms with van der Waals surface area (Å²) in [5.41, 5.74) is 6.28. The number of anilines is 2. The second-order valence-corrected chi connectivity index (χ2v) is 4.63. The minimum absolute atomic E-state index is 0.0762. The fourth-order valence-electron chi connectivity index (χ4n) is 1.71. The predicted molar refractivity (Wildman–Crippen MR) is 62.6 cm³/mol. The van der Waals surface area contributed by atoms with Crippen molar-refractivity contribution in [3.63, 3.8) is 0 Å². The number of nitrogens with zero attached hydrogens (tertiary/aromatic N) is 3. The van der Waals surface area contributed by atoms with Gasteiger partial charge < -0.3 is 10.6 Å². The fraction of sp³-hybridized carbons (Fsp3) is 0.600. The van der Waals surface area contributed by atoms with Crippen LogP contribution in [0.3, 0.4) is 0 Å². The van der Waals surface area contributed by atoms with E-state index in [4.69, 9.17) is 17.3 Å². The number of alkyl halides is 3. The number of hydrogen-bond acceptors (Lipinski definition) is 4. The molecule has 100 valence electrons. The van der Waals surface area contributed by atoms with Crippen LogP contribution in [0.15, 0.2) is 0 Å². The van der Waals surface area contributed by atoms with Gasteiger partial charge in [0, 0.05) is 6.04 Å². The molecule has 0 aromatic carbocycles. The van der Waals surface area contributed by atoms with Crippen LogP contribution in [0.2, 0.25) is 5.28 Å². The van der Waals surface area contributed by atoms with Crippen LogP contribution in [0, 0.1) is 6.92 Å². The van der Waals surface area contributed by atoms with Crippen LogP contribution < -0.4 is 10.6 Å². The van der Waals surface area contributed by atoms with Crippen molar-refractivity contribution < 1.29 is 13.2 Å². The topological polar surface area (TPSA) is 55.0 Å². The Bertz CT molecular complexity index is 459. The summed E-state index contributed by atoms with van der Waals surface area (Å²) in [6.45, 7) is 0.514. The second kappa shape index (κ2) is 4.46. The number of aryl methyl sites for hydroxylation is 1. The second-order valence-electron chi connectivity index (χ2n) is 4.29. The molecule has 1 saturated carbocycles. The SMILES string of the molecule is Cc1nc(Cl)nc(N(CC(F)(F)F)C2CC2)c1N. The lowest BCUT2D eigenvalue weighted by molar-refractivity contribution is -0.120. The Hall–Kier alpha value is -1.24. The highest BCUT2D eigenvalue weighted by atomic mass is 35.5. The van der Waals surface area contributed by atoms with E-state index in [-0.39, 0.29) is 22.8 Å². The molecule has 0 aliphatic heterocycles. The van der Waals surface area contributed by atoms with E-state index in [1.54, 1.807) is 6.92 Å². The van der Waals surface area contributed by atoms with Crippen molar-refractivity contribution in [3.8, 4) is 0 Å². The van der Waals surface area contributed by atoms with Gasteiger partial charge in [-0.3, -0.25) is 0 Å². The van der Waals surface area contributed by atoms with Crippen LogP contribution in [0.25, 0.3) is 0 Å². The van der Waals surface area contributed by atoms with Gasteiger partial charge in [-0.2, -0.15) is 18.2 Å². The first-order valence-corrected chi connectivity index (χ1v) is 5.79. The molecule has 18 heavy (non-hydrogen) atoms. The number of aromatic nitrogens is 2. The van der Waals surface area contributed by atoms with Gasteiger partial charge in [0.15, 0.2) is 5.82 Å². The van der Waals surface area contributed by atoms with Crippen molar-refractivity contribution in [3.05, 3.63) is 11.0 Å². The zero-order chi connectivity index (χ0) is 13.5. The summed E-state index contributed by atoms with van der Waals surface area (Å²) in [6.07, 6.45) is -2.90. The fourth-order valence-corrected chi connectivity index (χ4v) is 1.92. The lowest BCUT2D eigenvalue weighted by Crippen LogP contribution is -2.37. The van der Waals surface area contributed by atoms with Crippen LogP contribution in [0.1, 0.15) is 18.5 Å². The maximum Gasteiger partial charge on any atom is 0.405 e. The maximum atomic E-state index is 12.6. The van der Waals surface area contributed by atoms with E-state index in [9.17, 15) is 13.2 Å². The molecule has 0 unspecified atom stereocenters. The average molecular weight is 281 g/mol. The monoisotopic (exact) mass is 280 g/mol. The minimum Gasteiger partial charge on any atom is -0.394 e. The summed E-state index contributed by atoms with van der Waals surface area (Å²) in [5, 5.41) is -0.0930. The molecule has 1 aliphatic rings. The summed E-state index contributed by atoms with van der Waals surface area (Å²) in [6, 6.07) is -0.167. The molecule has 2 N–H and O–H groups in total. The summed E-state index contributed by atoms with van der Waals surface area (Å²) < 4.78 is 37.7. The van der Waals surface area contributed by atoms with Gasteiger partial charge in [0.25, 0.3) is 0 Å². The molecule has 2 rings (SSSR count). The molecule has 0 amide bonds. The van der Waals surface area contributed by atoms with Crippen molar-refractivity contribution in [2.24, 2.45) is 0 Å². The predicted octanol–water partition coefficient (Wildman–Crippen LogP) is 2.55. The first-order chi connectivity index (χ1) is 8.28. The van der Waals surface area contributed by atoms with Crippen molar-refractivity contribution in [1.82, 2.24) is 9.97 Å². The first kappa shape index (κ1) is 13.2. The summed E-state index contributed by atoms with van der Waals surface area (Å²) >= 11 is 5.68. The van der Waals surface area contributed by atoms with E-state index in [0.29, 0.717) is 18.5 Å².